The van der Waals surface area contributed by atoms with Crippen molar-refractivity contribution in [2.24, 2.45) is 16.5 Å². The fourth-order valence-electron chi connectivity index (χ4n) is 1.05. The lowest BCUT2D eigenvalue weighted by Gasteiger charge is -2.13. The Morgan fingerprint density at radius 1 is 1.35 bits per heavy atom. The van der Waals surface area contributed by atoms with Crippen LogP contribution in [0, 0.1) is 0 Å². The van der Waals surface area contributed by atoms with Gasteiger partial charge in [-0.3, -0.25) is 4.99 Å². The number of nitrogens with two attached hydrogens (primary N) is 2. The molecule has 0 aliphatic heterocycles. The minimum Gasteiger partial charge on any atom is -0.462 e. The molecule has 0 spiro atoms. The minimum atomic E-state index is -4.85. The third kappa shape index (κ3) is 6.37. The van der Waals surface area contributed by atoms with E-state index in [1.807, 2.05) is 0 Å². The molecule has 0 aromatic carbocycles. The van der Waals surface area contributed by atoms with Crippen LogP contribution in [0.4, 0.5) is 13.2 Å². The van der Waals surface area contributed by atoms with Gasteiger partial charge in [-0.1, -0.05) is 0 Å². The van der Waals surface area contributed by atoms with Crippen LogP contribution >= 0.6 is 0 Å². The predicted octanol–water partition coefficient (Wildman–Crippen LogP) is 1.65. The van der Waals surface area contributed by atoms with Crippen molar-refractivity contribution in [2.75, 3.05) is 6.61 Å². The SMILES string of the molecule is CCOC(=O)C(=C/N)/C(=N/C=C/C(C)(C)N)C(F)(F)F. The number of aliphatic imine (C=N–C) groups is 1. The van der Waals surface area contributed by atoms with Gasteiger partial charge in [0.1, 0.15) is 5.57 Å². The van der Waals surface area contributed by atoms with Crippen molar-refractivity contribution in [1.29, 1.82) is 0 Å². The lowest BCUT2D eigenvalue weighted by Crippen LogP contribution is -2.31. The van der Waals surface area contributed by atoms with E-state index >= 15 is 0 Å². The van der Waals surface area contributed by atoms with Crippen molar-refractivity contribution >= 4 is 11.7 Å². The Hall–Kier alpha value is -1.83. The van der Waals surface area contributed by atoms with Crippen LogP contribution in [-0.4, -0.2) is 30.0 Å². The molecule has 114 valence electrons. The molecule has 20 heavy (non-hydrogen) atoms. The topological polar surface area (TPSA) is 90.7 Å². The second-order valence-electron chi connectivity index (χ2n) is 4.41. The van der Waals surface area contributed by atoms with Gasteiger partial charge in [0.05, 0.1) is 6.61 Å². The molecule has 0 aliphatic carbocycles. The molecule has 0 aliphatic rings. The van der Waals surface area contributed by atoms with Gasteiger partial charge in [-0.25, -0.2) is 4.79 Å². The molecule has 0 saturated carbocycles. The lowest BCUT2D eigenvalue weighted by atomic mass is 10.1. The van der Waals surface area contributed by atoms with Gasteiger partial charge in [0.2, 0.25) is 0 Å². The molecule has 0 rings (SSSR count). The third-order valence-corrected chi connectivity index (χ3v) is 1.89. The molecule has 5 nitrogen and oxygen atoms in total. The number of esters is 1. The first kappa shape index (κ1) is 18.2. The monoisotopic (exact) mass is 293 g/mol. The van der Waals surface area contributed by atoms with Gasteiger partial charge in [-0.2, -0.15) is 13.2 Å². The van der Waals surface area contributed by atoms with Crippen molar-refractivity contribution in [1.82, 2.24) is 0 Å². The highest BCUT2D eigenvalue weighted by Gasteiger charge is 2.40. The number of ether oxygens (including phenoxy) is 1. The molecule has 0 aromatic rings. The number of alkyl halides is 3. The molecule has 0 saturated heterocycles. The summed E-state index contributed by atoms with van der Waals surface area (Å²) in [7, 11) is 0. The van der Waals surface area contributed by atoms with Crippen LogP contribution in [0.3, 0.4) is 0 Å². The predicted molar refractivity (Wildman–Crippen MR) is 69.8 cm³/mol. The highest BCUT2D eigenvalue weighted by Crippen LogP contribution is 2.23. The molecule has 8 heteroatoms. The summed E-state index contributed by atoms with van der Waals surface area (Å²) in [6.45, 7) is 4.55. The largest absolute Gasteiger partial charge is 0.462 e. The van der Waals surface area contributed by atoms with E-state index in [0.29, 0.717) is 6.20 Å². The zero-order valence-electron chi connectivity index (χ0n) is 11.5. The fourth-order valence-corrected chi connectivity index (χ4v) is 1.05. The van der Waals surface area contributed by atoms with E-state index in [2.05, 4.69) is 9.73 Å². The van der Waals surface area contributed by atoms with Gasteiger partial charge in [0.25, 0.3) is 0 Å². The Morgan fingerprint density at radius 2 is 1.90 bits per heavy atom. The van der Waals surface area contributed by atoms with E-state index in [0.717, 1.165) is 6.20 Å². The van der Waals surface area contributed by atoms with Gasteiger partial charge in [0.15, 0.2) is 5.71 Å². The quantitative estimate of drug-likeness (QED) is 0.458. The number of rotatable bonds is 5. The van der Waals surface area contributed by atoms with Gasteiger partial charge >= 0.3 is 12.1 Å². The molecule has 0 radical (unpaired) electrons. The van der Waals surface area contributed by atoms with E-state index in [9.17, 15) is 18.0 Å². The van der Waals surface area contributed by atoms with Crippen LogP contribution in [0.25, 0.3) is 0 Å². The van der Waals surface area contributed by atoms with Crippen molar-refractivity contribution in [3.8, 4) is 0 Å². The second kappa shape index (κ2) is 7.09. The highest BCUT2D eigenvalue weighted by molar-refractivity contribution is 6.22. The molecule has 0 amide bonds. The van der Waals surface area contributed by atoms with Crippen LogP contribution in [0.15, 0.2) is 29.0 Å². The van der Waals surface area contributed by atoms with Crippen molar-refractivity contribution in [3.05, 3.63) is 24.0 Å². The summed E-state index contributed by atoms with van der Waals surface area (Å²) in [5.74, 6) is -1.19. The lowest BCUT2D eigenvalue weighted by molar-refractivity contribution is -0.138. The van der Waals surface area contributed by atoms with Gasteiger partial charge < -0.3 is 16.2 Å². The molecule has 4 N–H and O–H groups in total. The second-order valence-corrected chi connectivity index (χ2v) is 4.41. The number of halogens is 3. The summed E-state index contributed by atoms with van der Waals surface area (Å²) < 4.78 is 43.1. The Bertz CT molecular complexity index is 432. The third-order valence-electron chi connectivity index (χ3n) is 1.89. The summed E-state index contributed by atoms with van der Waals surface area (Å²) in [4.78, 5) is 14.7. The molecule has 0 heterocycles. The first-order valence-electron chi connectivity index (χ1n) is 5.74. The van der Waals surface area contributed by atoms with Crippen molar-refractivity contribution in [3.63, 3.8) is 0 Å². The van der Waals surface area contributed by atoms with Gasteiger partial charge in [0, 0.05) is 17.9 Å². The maximum absolute atomic E-state index is 12.9. The number of carbonyl (C=O) groups is 1. The number of carbonyl (C=O) groups excluding carboxylic acids is 1. The van der Waals surface area contributed by atoms with E-state index < -0.39 is 29.0 Å². The summed E-state index contributed by atoms with van der Waals surface area (Å²) in [6.07, 6.45) is -2.18. The van der Waals surface area contributed by atoms with Gasteiger partial charge in [-0.15, -0.1) is 0 Å². The number of hydrogen-bond donors (Lipinski definition) is 2. The first-order valence-corrected chi connectivity index (χ1v) is 5.74. The Kier molecular flexibility index (Phi) is 6.44. The molecule has 0 fully saturated rings. The van der Waals surface area contributed by atoms with E-state index in [1.165, 1.54) is 13.0 Å². The van der Waals surface area contributed by atoms with Crippen LogP contribution in [0.5, 0.6) is 0 Å². The van der Waals surface area contributed by atoms with Gasteiger partial charge in [-0.05, 0) is 26.8 Å². The normalized spacial score (nSPS) is 14.8. The van der Waals surface area contributed by atoms with E-state index in [1.54, 1.807) is 13.8 Å². The van der Waals surface area contributed by atoms with E-state index in [-0.39, 0.29) is 6.61 Å². The smallest absolute Gasteiger partial charge is 0.434 e. The van der Waals surface area contributed by atoms with E-state index in [4.69, 9.17) is 11.5 Å². The highest BCUT2D eigenvalue weighted by atomic mass is 19.4. The molecule has 0 aromatic heterocycles. The summed E-state index contributed by atoms with van der Waals surface area (Å²) in [6, 6.07) is 0. The number of hydrogen-bond acceptors (Lipinski definition) is 5. The Labute approximate surface area is 115 Å². The fraction of sp³-hybridized carbons (Fsp3) is 0.500. The maximum atomic E-state index is 12.9. The Morgan fingerprint density at radius 3 is 2.25 bits per heavy atom. The first-order chi connectivity index (χ1) is 9.03. The van der Waals surface area contributed by atoms with Crippen molar-refractivity contribution in [2.45, 2.75) is 32.5 Å². The van der Waals surface area contributed by atoms with Crippen LogP contribution in [0.2, 0.25) is 0 Å². The average Bonchev–Trinajstić information content (AvgIpc) is 2.25. The number of nitrogens with zero attached hydrogens (tertiary/aromatic N) is 1. The Balaban J connectivity index is 5.53. The molecule has 0 atom stereocenters. The van der Waals surface area contributed by atoms with Crippen molar-refractivity contribution < 1.29 is 22.7 Å². The molecular formula is C12H18F3N3O2. The standard InChI is InChI=1S/C12H18F3N3O2/c1-4-20-10(19)8(7-16)9(12(13,14)15)18-6-5-11(2,3)17/h5-7H,4,16-17H2,1-3H3/b6-5+,8-7+,18-9-. The minimum absolute atomic E-state index is 0.0764. The summed E-state index contributed by atoms with van der Waals surface area (Å²) >= 11 is 0. The summed E-state index contributed by atoms with van der Waals surface area (Å²) in [5.41, 5.74) is 7.53. The maximum Gasteiger partial charge on any atom is 0.434 e. The zero-order valence-corrected chi connectivity index (χ0v) is 11.5. The van der Waals surface area contributed by atoms with Crippen LogP contribution in [-0.2, 0) is 9.53 Å². The molecule has 0 unspecified atom stereocenters. The molecule has 0 bridgehead atoms. The van der Waals surface area contributed by atoms with Crippen LogP contribution in [0.1, 0.15) is 20.8 Å². The molecular weight excluding hydrogens is 275 g/mol. The van der Waals surface area contributed by atoms with Crippen LogP contribution < -0.4 is 11.5 Å². The summed E-state index contributed by atoms with van der Waals surface area (Å²) in [5, 5.41) is 0. The average molecular weight is 293 g/mol. The zero-order chi connectivity index (χ0) is 16.0.